The molecular weight excluding hydrogens is 220 g/mol. The van der Waals surface area contributed by atoms with E-state index < -0.39 is 10.0 Å². The van der Waals surface area contributed by atoms with E-state index in [4.69, 9.17) is 0 Å². The summed E-state index contributed by atoms with van der Waals surface area (Å²) in [6, 6.07) is 0. The Labute approximate surface area is 85.4 Å². The SMILES string of the molecule is Cn1ncnc1NS(=O)(=O)c1cn[nH]c1. The number of aryl methyl sites for hydroxylation is 1. The molecule has 0 atom stereocenters. The molecule has 0 spiro atoms. The van der Waals surface area contributed by atoms with Gasteiger partial charge in [-0.25, -0.2) is 17.8 Å². The number of nitrogens with zero attached hydrogens (tertiary/aromatic N) is 4. The summed E-state index contributed by atoms with van der Waals surface area (Å²) in [7, 11) is -2.05. The Morgan fingerprint density at radius 3 is 2.87 bits per heavy atom. The fraction of sp³-hybridized carbons (Fsp3) is 0.167. The molecule has 80 valence electrons. The molecule has 0 aliphatic carbocycles. The Balaban J connectivity index is 2.31. The van der Waals surface area contributed by atoms with Gasteiger partial charge in [-0.3, -0.25) is 5.10 Å². The first-order valence-electron chi connectivity index (χ1n) is 3.95. The molecule has 0 aromatic carbocycles. The summed E-state index contributed by atoms with van der Waals surface area (Å²) in [5.41, 5.74) is 0. The van der Waals surface area contributed by atoms with Crippen LogP contribution in [0.3, 0.4) is 0 Å². The molecular formula is C6H8N6O2S. The third-order valence-electron chi connectivity index (χ3n) is 1.72. The molecule has 2 rings (SSSR count). The highest BCUT2D eigenvalue weighted by Gasteiger charge is 2.17. The molecule has 2 aromatic heterocycles. The van der Waals surface area contributed by atoms with Crippen molar-refractivity contribution in [2.75, 3.05) is 4.72 Å². The van der Waals surface area contributed by atoms with Crippen LogP contribution in [-0.4, -0.2) is 33.4 Å². The van der Waals surface area contributed by atoms with Crippen molar-refractivity contribution in [1.29, 1.82) is 0 Å². The summed E-state index contributed by atoms with van der Waals surface area (Å²) < 4.78 is 26.9. The zero-order chi connectivity index (χ0) is 10.9. The number of sulfonamides is 1. The van der Waals surface area contributed by atoms with Gasteiger partial charge in [0.2, 0.25) is 5.95 Å². The second-order valence-electron chi connectivity index (χ2n) is 2.75. The topological polar surface area (TPSA) is 106 Å². The molecule has 0 radical (unpaired) electrons. The van der Waals surface area contributed by atoms with Crippen molar-refractivity contribution in [1.82, 2.24) is 25.0 Å². The van der Waals surface area contributed by atoms with E-state index in [-0.39, 0.29) is 10.8 Å². The van der Waals surface area contributed by atoms with Gasteiger partial charge >= 0.3 is 0 Å². The lowest BCUT2D eigenvalue weighted by Gasteiger charge is -2.03. The molecule has 0 saturated carbocycles. The summed E-state index contributed by atoms with van der Waals surface area (Å²) >= 11 is 0. The number of aromatic amines is 1. The summed E-state index contributed by atoms with van der Waals surface area (Å²) in [6.45, 7) is 0. The lowest BCUT2D eigenvalue weighted by atomic mass is 10.7. The number of aromatic nitrogens is 5. The van der Waals surface area contributed by atoms with Crippen LogP contribution in [0, 0.1) is 0 Å². The highest BCUT2D eigenvalue weighted by molar-refractivity contribution is 7.92. The predicted octanol–water partition coefficient (Wildman–Crippen LogP) is -0.661. The Morgan fingerprint density at radius 1 is 1.53 bits per heavy atom. The van der Waals surface area contributed by atoms with E-state index in [2.05, 4.69) is 25.0 Å². The highest BCUT2D eigenvalue weighted by atomic mass is 32.2. The summed E-state index contributed by atoms with van der Waals surface area (Å²) in [5.74, 6) is 0.149. The lowest BCUT2D eigenvalue weighted by molar-refractivity contribution is 0.600. The Morgan fingerprint density at radius 2 is 2.33 bits per heavy atom. The van der Waals surface area contributed by atoms with Crippen molar-refractivity contribution in [2.24, 2.45) is 7.05 Å². The van der Waals surface area contributed by atoms with Crippen LogP contribution in [-0.2, 0) is 17.1 Å². The van der Waals surface area contributed by atoms with E-state index in [0.717, 1.165) is 0 Å². The monoisotopic (exact) mass is 228 g/mol. The third-order valence-corrected chi connectivity index (χ3v) is 3.02. The van der Waals surface area contributed by atoms with Crippen molar-refractivity contribution in [3.8, 4) is 0 Å². The van der Waals surface area contributed by atoms with Gasteiger partial charge < -0.3 is 0 Å². The second-order valence-corrected chi connectivity index (χ2v) is 4.43. The molecule has 2 N–H and O–H groups in total. The molecule has 0 amide bonds. The van der Waals surface area contributed by atoms with E-state index in [1.54, 1.807) is 7.05 Å². The number of H-pyrrole nitrogens is 1. The largest absolute Gasteiger partial charge is 0.284 e. The predicted molar refractivity (Wildman–Crippen MR) is 50.4 cm³/mol. The molecule has 2 heterocycles. The van der Waals surface area contributed by atoms with Gasteiger partial charge in [-0.15, -0.1) is 0 Å². The maximum atomic E-state index is 11.7. The van der Waals surface area contributed by atoms with Crippen molar-refractivity contribution >= 4 is 16.0 Å². The molecule has 0 aliphatic heterocycles. The Kier molecular flexibility index (Phi) is 2.15. The van der Waals surface area contributed by atoms with Crippen LogP contribution < -0.4 is 4.72 Å². The van der Waals surface area contributed by atoms with Gasteiger partial charge in [0, 0.05) is 13.2 Å². The van der Waals surface area contributed by atoms with E-state index in [0.29, 0.717) is 0 Å². The number of rotatable bonds is 3. The van der Waals surface area contributed by atoms with Crippen molar-refractivity contribution in [3.05, 3.63) is 18.7 Å². The van der Waals surface area contributed by atoms with Gasteiger partial charge in [0.25, 0.3) is 10.0 Å². The first kappa shape index (κ1) is 9.65. The second kappa shape index (κ2) is 3.35. The Hall–Kier alpha value is -1.90. The zero-order valence-corrected chi connectivity index (χ0v) is 8.56. The van der Waals surface area contributed by atoms with E-state index in [9.17, 15) is 8.42 Å². The third kappa shape index (κ3) is 1.81. The summed E-state index contributed by atoms with van der Waals surface area (Å²) in [6.07, 6.45) is 3.74. The van der Waals surface area contributed by atoms with Crippen LogP contribution in [0.1, 0.15) is 0 Å². The molecule has 0 fully saturated rings. The van der Waals surface area contributed by atoms with Crippen LogP contribution in [0.15, 0.2) is 23.6 Å². The number of anilines is 1. The van der Waals surface area contributed by atoms with Crippen LogP contribution in [0.2, 0.25) is 0 Å². The van der Waals surface area contributed by atoms with Gasteiger partial charge in [0.05, 0.1) is 6.20 Å². The zero-order valence-electron chi connectivity index (χ0n) is 7.75. The molecule has 0 unspecified atom stereocenters. The number of nitrogens with one attached hydrogen (secondary N) is 2. The minimum absolute atomic E-state index is 0.0468. The smallest absolute Gasteiger partial charge is 0.267 e. The van der Waals surface area contributed by atoms with Crippen LogP contribution in [0.5, 0.6) is 0 Å². The van der Waals surface area contributed by atoms with Crippen LogP contribution >= 0.6 is 0 Å². The maximum absolute atomic E-state index is 11.7. The van der Waals surface area contributed by atoms with Crippen LogP contribution in [0.4, 0.5) is 5.95 Å². The molecule has 15 heavy (non-hydrogen) atoms. The van der Waals surface area contributed by atoms with Crippen molar-refractivity contribution in [2.45, 2.75) is 4.90 Å². The summed E-state index contributed by atoms with van der Waals surface area (Å²) in [5, 5.41) is 9.71. The molecule has 0 bridgehead atoms. The average Bonchev–Trinajstić information content (AvgIpc) is 2.77. The highest BCUT2D eigenvalue weighted by Crippen LogP contribution is 2.10. The van der Waals surface area contributed by atoms with Gasteiger partial charge in [0.1, 0.15) is 11.2 Å². The number of hydrogen-bond donors (Lipinski definition) is 2. The first-order valence-corrected chi connectivity index (χ1v) is 5.43. The fourth-order valence-corrected chi connectivity index (χ4v) is 1.90. The van der Waals surface area contributed by atoms with Gasteiger partial charge in [0.15, 0.2) is 0 Å². The Bertz CT molecular complexity index is 542. The quantitative estimate of drug-likeness (QED) is 0.725. The average molecular weight is 228 g/mol. The molecule has 0 saturated heterocycles. The lowest BCUT2D eigenvalue weighted by Crippen LogP contribution is -2.15. The standard InChI is InChI=1S/C6H8N6O2S/c1-12-6(7-4-10-12)11-15(13,14)5-2-8-9-3-5/h2-4H,1H3,(H,8,9)(H,7,10,11). The van der Waals surface area contributed by atoms with Crippen LogP contribution in [0.25, 0.3) is 0 Å². The van der Waals surface area contributed by atoms with E-state index >= 15 is 0 Å². The minimum atomic E-state index is -3.63. The van der Waals surface area contributed by atoms with Crippen molar-refractivity contribution in [3.63, 3.8) is 0 Å². The van der Waals surface area contributed by atoms with Gasteiger partial charge in [-0.2, -0.15) is 15.2 Å². The number of hydrogen-bond acceptors (Lipinski definition) is 5. The first-order chi connectivity index (χ1) is 7.09. The summed E-state index contributed by atoms with van der Waals surface area (Å²) in [4.78, 5) is 3.79. The van der Waals surface area contributed by atoms with Gasteiger partial charge in [-0.1, -0.05) is 0 Å². The maximum Gasteiger partial charge on any atom is 0.267 e. The van der Waals surface area contributed by atoms with Crippen molar-refractivity contribution < 1.29 is 8.42 Å². The molecule has 8 nitrogen and oxygen atoms in total. The molecule has 2 aromatic rings. The van der Waals surface area contributed by atoms with E-state index in [1.165, 1.54) is 23.4 Å². The normalized spacial score (nSPS) is 11.5. The van der Waals surface area contributed by atoms with Gasteiger partial charge in [-0.05, 0) is 0 Å². The molecule has 0 aliphatic rings. The minimum Gasteiger partial charge on any atom is -0.284 e. The fourth-order valence-electron chi connectivity index (χ4n) is 0.954. The van der Waals surface area contributed by atoms with E-state index in [1.807, 2.05) is 0 Å². The molecule has 9 heteroatoms.